The van der Waals surface area contributed by atoms with Gasteiger partial charge >= 0.3 is 0 Å². The maximum atomic E-state index is 6.12. The van der Waals surface area contributed by atoms with Crippen LogP contribution in [0, 0.1) is 0 Å². The lowest BCUT2D eigenvalue weighted by atomic mass is 9.95. The molecule has 0 radical (unpaired) electrons. The molecule has 1 atom stereocenters. The van der Waals surface area contributed by atoms with E-state index in [0.29, 0.717) is 19.1 Å². The summed E-state index contributed by atoms with van der Waals surface area (Å²) in [6, 6.07) is 4.48. The molecule has 0 amide bonds. The second kappa shape index (κ2) is 7.86. The second-order valence-corrected chi connectivity index (χ2v) is 7.30. The molecule has 2 aromatic rings. The monoisotopic (exact) mass is 377 g/mol. The van der Waals surface area contributed by atoms with E-state index in [1.165, 1.54) is 39.2 Å². The summed E-state index contributed by atoms with van der Waals surface area (Å²) in [5.74, 6) is 1.73. The normalized spacial score (nSPS) is 21.0. The van der Waals surface area contributed by atoms with E-state index in [0.717, 1.165) is 28.5 Å². The Kier molecular flexibility index (Phi) is 5.33. The lowest BCUT2D eigenvalue weighted by Gasteiger charge is -2.24. The second-order valence-electron chi connectivity index (χ2n) is 6.81. The van der Waals surface area contributed by atoms with Gasteiger partial charge in [0.1, 0.15) is 29.5 Å². The quantitative estimate of drug-likeness (QED) is 0.457. The van der Waals surface area contributed by atoms with Crippen LogP contribution in [0.25, 0.3) is 11.4 Å². The molecular weight excluding hydrogens is 354 g/mol. The fourth-order valence-electron chi connectivity index (χ4n) is 3.64. The van der Waals surface area contributed by atoms with Crippen molar-refractivity contribution < 1.29 is 14.5 Å². The lowest BCUT2D eigenvalue weighted by molar-refractivity contribution is -0.282. The number of alkyl halides is 1. The minimum absolute atomic E-state index is 0.317. The molecule has 6 nitrogen and oxygen atoms in total. The zero-order valence-electron chi connectivity index (χ0n) is 14.9. The summed E-state index contributed by atoms with van der Waals surface area (Å²) in [6.07, 6.45) is 11.0. The Morgan fingerprint density at radius 2 is 2.19 bits per heavy atom. The van der Waals surface area contributed by atoms with Crippen LogP contribution in [0.2, 0.25) is 0 Å². The van der Waals surface area contributed by atoms with Gasteiger partial charge in [-0.05, 0) is 36.6 Å². The van der Waals surface area contributed by atoms with Crippen LogP contribution in [0.5, 0.6) is 0 Å². The summed E-state index contributed by atoms with van der Waals surface area (Å²) >= 11 is 6.12. The van der Waals surface area contributed by atoms with E-state index in [1.54, 1.807) is 0 Å². The van der Waals surface area contributed by atoms with E-state index in [-0.39, 0.29) is 5.56 Å². The summed E-state index contributed by atoms with van der Waals surface area (Å²) in [6.45, 7) is 0.379. The number of hydrogen-bond donors (Lipinski definition) is 1. The third-order valence-electron chi connectivity index (χ3n) is 4.96. The number of aromatic nitrogens is 2. The maximum Gasteiger partial charge on any atom is 0.175 e. The maximum absolute atomic E-state index is 6.12. The summed E-state index contributed by atoms with van der Waals surface area (Å²) in [5, 5.41) is 3.71. The molecule has 0 saturated heterocycles. The molecule has 0 aromatic carbocycles. The van der Waals surface area contributed by atoms with E-state index >= 15 is 0 Å². The Morgan fingerprint density at radius 3 is 2.92 bits per heavy atom. The lowest BCUT2D eigenvalue weighted by Crippen LogP contribution is -2.23. The predicted octanol–water partition coefficient (Wildman–Crippen LogP) is 4.48. The van der Waals surface area contributed by atoms with Gasteiger partial charge in [0, 0.05) is 18.7 Å². The molecule has 1 saturated carbocycles. The van der Waals surface area contributed by atoms with Crippen molar-refractivity contribution in [2.45, 2.75) is 56.7 Å². The molecule has 26 heavy (non-hydrogen) atoms. The van der Waals surface area contributed by atoms with Gasteiger partial charge in [0.25, 0.3) is 0 Å². The van der Waals surface area contributed by atoms with Crippen molar-refractivity contribution in [3.05, 3.63) is 35.7 Å². The minimum Gasteiger partial charge on any atom is -0.472 e. The molecule has 1 unspecified atom stereocenters. The number of halogens is 1. The summed E-state index contributed by atoms with van der Waals surface area (Å²) in [7, 11) is 1.50. The van der Waals surface area contributed by atoms with Crippen LogP contribution in [0.4, 0.5) is 5.82 Å². The number of nitrogens with one attached hydrogen (secondary N) is 1. The molecule has 3 heterocycles. The summed E-state index contributed by atoms with van der Waals surface area (Å²) in [5.41, 5.74) is 2.35. The number of nitrogens with zero attached hydrogens (tertiary/aromatic N) is 2. The minimum atomic E-state index is -0.317. The van der Waals surface area contributed by atoms with Crippen molar-refractivity contribution in [3.63, 3.8) is 0 Å². The van der Waals surface area contributed by atoms with Crippen LogP contribution in [0.15, 0.2) is 24.4 Å². The molecule has 140 valence electrons. The van der Waals surface area contributed by atoms with Crippen LogP contribution in [0.1, 0.15) is 49.8 Å². The highest BCUT2D eigenvalue weighted by atomic mass is 35.5. The summed E-state index contributed by atoms with van der Waals surface area (Å²) < 4.78 is 7.84. The number of hydrogen-bond acceptors (Lipinski definition) is 5. The number of imidazole rings is 1. The average molecular weight is 378 g/mol. The van der Waals surface area contributed by atoms with Crippen molar-refractivity contribution in [1.29, 1.82) is 0 Å². The van der Waals surface area contributed by atoms with Crippen molar-refractivity contribution in [3.8, 4) is 0 Å². The van der Waals surface area contributed by atoms with Crippen LogP contribution < -0.4 is 5.32 Å². The van der Waals surface area contributed by atoms with E-state index in [1.807, 2.05) is 24.4 Å². The van der Waals surface area contributed by atoms with Crippen molar-refractivity contribution >= 4 is 28.8 Å². The van der Waals surface area contributed by atoms with Crippen molar-refractivity contribution in [1.82, 2.24) is 9.38 Å². The first-order valence-corrected chi connectivity index (χ1v) is 9.62. The summed E-state index contributed by atoms with van der Waals surface area (Å²) in [4.78, 5) is 14.5. The highest BCUT2D eigenvalue weighted by Crippen LogP contribution is 2.34. The molecule has 2 aromatic heterocycles. The average Bonchev–Trinajstić information content (AvgIpc) is 3.24. The molecule has 1 fully saturated rings. The third-order valence-corrected chi connectivity index (χ3v) is 5.22. The van der Waals surface area contributed by atoms with E-state index in [9.17, 15) is 0 Å². The van der Waals surface area contributed by atoms with E-state index < -0.39 is 0 Å². The molecule has 1 aliphatic carbocycles. The first kappa shape index (κ1) is 17.6. The zero-order chi connectivity index (χ0) is 17.9. The van der Waals surface area contributed by atoms with Crippen LogP contribution in [0.3, 0.4) is 0 Å². The van der Waals surface area contributed by atoms with E-state index in [2.05, 4.69) is 9.72 Å². The third kappa shape index (κ3) is 3.68. The molecular formula is C19H24ClN3O3. The van der Waals surface area contributed by atoms with Crippen LogP contribution in [-0.4, -0.2) is 28.1 Å². The standard InChI is InChI=1S/C19H24ClN3O3/c1-24-25-12-13-9-10-23-17(11-13)22-18(15-7-8-16(20)26-15)19(23)21-14-5-3-2-4-6-14/h7,9-11,14,16,21H,2-6,8,12H2,1H3. The Balaban J connectivity index is 1.70. The first-order chi connectivity index (χ1) is 12.7. The molecule has 0 bridgehead atoms. The van der Waals surface area contributed by atoms with Crippen LogP contribution in [-0.2, 0) is 21.1 Å². The van der Waals surface area contributed by atoms with E-state index in [4.69, 9.17) is 31.1 Å². The Morgan fingerprint density at radius 1 is 1.35 bits per heavy atom. The van der Waals surface area contributed by atoms with Gasteiger partial charge in [0.2, 0.25) is 0 Å². The largest absolute Gasteiger partial charge is 0.472 e. The fraction of sp³-hybridized carbons (Fsp3) is 0.526. The molecule has 2 aliphatic rings. The van der Waals surface area contributed by atoms with Gasteiger partial charge < -0.3 is 10.1 Å². The highest BCUT2D eigenvalue weighted by molar-refractivity contribution is 6.20. The number of ether oxygens (including phenoxy) is 1. The van der Waals surface area contributed by atoms with Crippen molar-refractivity contribution in [2.75, 3.05) is 12.4 Å². The number of anilines is 1. The van der Waals surface area contributed by atoms with Gasteiger partial charge in [0.15, 0.2) is 5.56 Å². The predicted molar refractivity (Wildman–Crippen MR) is 101 cm³/mol. The molecule has 1 N–H and O–H groups in total. The fourth-order valence-corrected chi connectivity index (χ4v) is 3.82. The number of rotatable bonds is 6. The smallest absolute Gasteiger partial charge is 0.175 e. The van der Waals surface area contributed by atoms with Crippen molar-refractivity contribution in [2.24, 2.45) is 0 Å². The van der Waals surface area contributed by atoms with Gasteiger partial charge in [-0.1, -0.05) is 30.9 Å². The van der Waals surface area contributed by atoms with Gasteiger partial charge in [-0.2, -0.15) is 0 Å². The topological polar surface area (TPSA) is 57.0 Å². The Labute approximate surface area is 158 Å². The molecule has 0 spiro atoms. The highest BCUT2D eigenvalue weighted by Gasteiger charge is 2.25. The molecule has 4 rings (SSSR count). The number of fused-ring (bicyclic) bond motifs is 1. The molecule has 7 heteroatoms. The number of pyridine rings is 1. The van der Waals surface area contributed by atoms with Gasteiger partial charge in [-0.25, -0.2) is 14.8 Å². The van der Waals surface area contributed by atoms with Gasteiger partial charge in [0.05, 0.1) is 7.11 Å². The SMILES string of the molecule is COOCc1ccn2c(NC3CCCCC3)c(C3=CCC(Cl)O3)nc2c1. The Bertz CT molecular complexity index is 799. The van der Waals surface area contributed by atoms with Gasteiger partial charge in [-0.3, -0.25) is 4.40 Å². The first-order valence-electron chi connectivity index (χ1n) is 9.19. The van der Waals surface area contributed by atoms with Gasteiger partial charge in [-0.15, -0.1) is 0 Å². The zero-order valence-corrected chi connectivity index (χ0v) is 15.7. The van der Waals surface area contributed by atoms with Crippen LogP contribution >= 0.6 is 11.6 Å². The Hall–Kier alpha value is -1.76. The molecule has 1 aliphatic heterocycles.